The highest BCUT2D eigenvalue weighted by Crippen LogP contribution is 2.45. The van der Waals surface area contributed by atoms with Gasteiger partial charge in [-0.1, -0.05) is 47.7 Å². The molecule has 9 heteroatoms. The summed E-state index contributed by atoms with van der Waals surface area (Å²) in [6.07, 6.45) is 1.60. The smallest absolute Gasteiger partial charge is 0.301 e. The van der Waals surface area contributed by atoms with Crippen LogP contribution in [-0.4, -0.2) is 28.4 Å². The largest absolute Gasteiger partial charge is 0.507 e. The Balaban J connectivity index is 1.71. The maximum absolute atomic E-state index is 13.5. The Hall–Kier alpha value is -4.01. The molecular formula is C27H18ClFN2O4S. The van der Waals surface area contributed by atoms with Crippen molar-refractivity contribution in [2.24, 2.45) is 0 Å². The van der Waals surface area contributed by atoms with Gasteiger partial charge >= 0.3 is 5.91 Å². The first-order chi connectivity index (χ1) is 17.4. The summed E-state index contributed by atoms with van der Waals surface area (Å²) < 4.78 is 19.9. The number of carbonyl (C=O) groups is 2. The molecule has 0 aliphatic carbocycles. The lowest BCUT2D eigenvalue weighted by Gasteiger charge is -2.23. The second kappa shape index (κ2) is 9.56. The fourth-order valence-electron chi connectivity index (χ4n) is 4.03. The van der Waals surface area contributed by atoms with Crippen molar-refractivity contribution < 1.29 is 23.8 Å². The summed E-state index contributed by atoms with van der Waals surface area (Å²) in [4.78, 5) is 32.5. The number of aromatic nitrogens is 1. The first-order valence-corrected chi connectivity index (χ1v) is 12.0. The molecule has 1 saturated heterocycles. The maximum atomic E-state index is 13.5. The average molecular weight is 521 g/mol. The number of carbonyl (C=O) groups excluding carboxylic acids is 2. The number of hydrogen-bond donors (Lipinski definition) is 1. The molecule has 0 saturated carbocycles. The molecule has 180 valence electrons. The molecule has 1 aliphatic heterocycles. The van der Waals surface area contributed by atoms with E-state index in [1.165, 1.54) is 40.5 Å². The van der Waals surface area contributed by atoms with Crippen molar-refractivity contribution in [1.82, 2.24) is 4.98 Å². The van der Waals surface area contributed by atoms with Crippen LogP contribution >= 0.6 is 22.9 Å². The molecule has 4 aromatic rings. The van der Waals surface area contributed by atoms with Crippen molar-refractivity contribution >= 4 is 55.7 Å². The first kappa shape index (κ1) is 23.7. The van der Waals surface area contributed by atoms with Crippen LogP contribution in [0.25, 0.3) is 16.0 Å². The number of nitrogens with zero attached hydrogens (tertiary/aromatic N) is 2. The number of ether oxygens (including phenoxy) is 1. The minimum Gasteiger partial charge on any atom is -0.507 e. The monoisotopic (exact) mass is 520 g/mol. The molecule has 2 heterocycles. The SMILES string of the molecule is C=CCOc1cccc(C2C(=C(O)c3ccc(F)cc3)C(=O)C(=O)N2c2nc3ccc(Cl)cc3s2)c1. The predicted octanol–water partition coefficient (Wildman–Crippen LogP) is 6.28. The van der Waals surface area contributed by atoms with Crippen LogP contribution in [0.3, 0.4) is 0 Å². The number of halogens is 2. The topological polar surface area (TPSA) is 79.7 Å². The quantitative estimate of drug-likeness (QED) is 0.140. The van der Waals surface area contributed by atoms with E-state index in [1.807, 2.05) is 0 Å². The van der Waals surface area contributed by atoms with Crippen molar-refractivity contribution in [2.75, 3.05) is 11.5 Å². The molecule has 0 bridgehead atoms. The number of aliphatic hydroxyl groups excluding tert-OH is 1. The van der Waals surface area contributed by atoms with Crippen LogP contribution in [0.1, 0.15) is 17.2 Å². The number of anilines is 1. The highest BCUT2D eigenvalue weighted by Gasteiger charge is 2.48. The molecule has 6 nitrogen and oxygen atoms in total. The number of Topliss-reactive ketones (excluding diaryl/α,β-unsaturated/α-hetero) is 1. The van der Waals surface area contributed by atoms with Crippen molar-refractivity contribution in [3.63, 3.8) is 0 Å². The Morgan fingerprint density at radius 2 is 1.94 bits per heavy atom. The minimum atomic E-state index is -1.00. The highest BCUT2D eigenvalue weighted by atomic mass is 35.5. The van der Waals surface area contributed by atoms with E-state index in [0.717, 1.165) is 4.70 Å². The van der Waals surface area contributed by atoms with Gasteiger partial charge < -0.3 is 9.84 Å². The summed E-state index contributed by atoms with van der Waals surface area (Å²) in [6, 6.07) is 16.0. The summed E-state index contributed by atoms with van der Waals surface area (Å²) in [5.41, 5.74) is 1.21. The van der Waals surface area contributed by atoms with Crippen molar-refractivity contribution in [1.29, 1.82) is 0 Å². The molecule has 1 aromatic heterocycles. The zero-order valence-corrected chi connectivity index (χ0v) is 20.2. The normalized spacial score (nSPS) is 17.1. The minimum absolute atomic E-state index is 0.134. The summed E-state index contributed by atoms with van der Waals surface area (Å²) in [5, 5.41) is 11.9. The van der Waals surface area contributed by atoms with Crippen molar-refractivity contribution in [2.45, 2.75) is 6.04 Å². The molecule has 5 rings (SSSR count). The molecule has 1 fully saturated rings. The van der Waals surface area contributed by atoms with Gasteiger partial charge in [-0.2, -0.15) is 0 Å². The van der Waals surface area contributed by atoms with Crippen LogP contribution in [0.4, 0.5) is 9.52 Å². The Morgan fingerprint density at radius 3 is 2.69 bits per heavy atom. The second-order valence-electron chi connectivity index (χ2n) is 7.96. The van der Waals surface area contributed by atoms with Gasteiger partial charge in [0.15, 0.2) is 5.13 Å². The molecule has 1 N–H and O–H groups in total. The third-order valence-corrected chi connectivity index (χ3v) is 6.90. The van der Waals surface area contributed by atoms with E-state index in [-0.39, 0.29) is 22.9 Å². The van der Waals surface area contributed by atoms with Crippen molar-refractivity contribution in [3.05, 3.63) is 107 Å². The van der Waals surface area contributed by atoms with Crippen LogP contribution in [0.5, 0.6) is 5.75 Å². The molecule has 1 atom stereocenters. The van der Waals surface area contributed by atoms with E-state index in [9.17, 15) is 19.1 Å². The van der Waals surface area contributed by atoms with Crippen LogP contribution in [0.15, 0.2) is 85.0 Å². The molecule has 0 radical (unpaired) electrons. The van der Waals surface area contributed by atoms with Crippen molar-refractivity contribution in [3.8, 4) is 5.75 Å². The summed E-state index contributed by atoms with van der Waals surface area (Å²) >= 11 is 7.32. The number of fused-ring (bicyclic) bond motifs is 1. The van der Waals surface area contributed by atoms with Gasteiger partial charge in [0.2, 0.25) is 0 Å². The maximum Gasteiger partial charge on any atom is 0.301 e. The van der Waals surface area contributed by atoms with Crippen LogP contribution in [0, 0.1) is 5.82 Å². The van der Waals surface area contributed by atoms with E-state index in [1.54, 1.807) is 48.5 Å². The molecule has 0 spiro atoms. The van der Waals surface area contributed by atoms with Gasteiger partial charge in [0.25, 0.3) is 5.78 Å². The predicted molar refractivity (Wildman–Crippen MR) is 138 cm³/mol. The third-order valence-electron chi connectivity index (χ3n) is 5.65. The zero-order valence-electron chi connectivity index (χ0n) is 18.7. The molecule has 36 heavy (non-hydrogen) atoms. The standard InChI is InChI=1S/C27H18ClFN2O4S/c1-2-12-35-19-5-3-4-16(13-19)23-22(24(32)15-6-9-18(29)10-7-15)25(33)26(34)31(23)27-30-20-11-8-17(28)14-21(20)36-27/h2-11,13-14,23,32H,1,12H2. The van der Waals surface area contributed by atoms with E-state index in [4.69, 9.17) is 16.3 Å². The fraction of sp³-hybridized carbons (Fsp3) is 0.0741. The van der Waals surface area contributed by atoms with E-state index in [0.29, 0.717) is 21.9 Å². The number of amides is 1. The zero-order chi connectivity index (χ0) is 25.4. The summed E-state index contributed by atoms with van der Waals surface area (Å²) in [5.74, 6) is -2.13. The number of benzene rings is 3. The molecule has 1 amide bonds. The fourth-order valence-corrected chi connectivity index (χ4v) is 5.30. The van der Waals surface area contributed by atoms with Crippen LogP contribution in [0.2, 0.25) is 5.02 Å². The van der Waals surface area contributed by atoms with Gasteiger partial charge in [-0.05, 0) is 60.2 Å². The average Bonchev–Trinajstić information content (AvgIpc) is 3.40. The van der Waals surface area contributed by atoms with Gasteiger partial charge in [-0.15, -0.1) is 0 Å². The highest BCUT2D eigenvalue weighted by molar-refractivity contribution is 7.22. The Bertz CT molecular complexity index is 1550. The number of ketones is 1. The first-order valence-electron chi connectivity index (χ1n) is 10.8. The van der Waals surface area contributed by atoms with E-state index < -0.39 is 29.3 Å². The van der Waals surface area contributed by atoms with E-state index in [2.05, 4.69) is 11.6 Å². The number of aliphatic hydroxyl groups is 1. The van der Waals surface area contributed by atoms with Crippen LogP contribution < -0.4 is 9.64 Å². The van der Waals surface area contributed by atoms with E-state index >= 15 is 0 Å². The van der Waals surface area contributed by atoms with Gasteiger partial charge in [0.1, 0.15) is 23.9 Å². The lowest BCUT2D eigenvalue weighted by atomic mass is 9.95. The van der Waals surface area contributed by atoms with Gasteiger partial charge in [0.05, 0.1) is 21.8 Å². The molecular weight excluding hydrogens is 503 g/mol. The number of rotatable bonds is 6. The third kappa shape index (κ3) is 4.25. The molecule has 1 aliphatic rings. The lowest BCUT2D eigenvalue weighted by Crippen LogP contribution is -2.29. The molecule has 3 aromatic carbocycles. The van der Waals surface area contributed by atoms with Gasteiger partial charge in [-0.3, -0.25) is 14.5 Å². The number of hydrogen-bond acceptors (Lipinski definition) is 6. The van der Waals surface area contributed by atoms with Gasteiger partial charge in [0, 0.05) is 10.6 Å². The summed E-state index contributed by atoms with van der Waals surface area (Å²) in [7, 11) is 0. The summed E-state index contributed by atoms with van der Waals surface area (Å²) in [6.45, 7) is 3.90. The second-order valence-corrected chi connectivity index (χ2v) is 9.40. The Morgan fingerprint density at radius 1 is 1.17 bits per heavy atom. The number of thiazole rings is 1. The Labute approximate surface area is 214 Å². The Kier molecular flexibility index (Phi) is 6.30. The van der Waals surface area contributed by atoms with Crippen LogP contribution in [-0.2, 0) is 9.59 Å². The lowest BCUT2D eigenvalue weighted by molar-refractivity contribution is -0.132. The van der Waals surface area contributed by atoms with Gasteiger partial charge in [-0.25, -0.2) is 9.37 Å². The molecule has 1 unspecified atom stereocenters.